The van der Waals surface area contributed by atoms with E-state index in [-0.39, 0.29) is 28.8 Å². The third-order valence-corrected chi connectivity index (χ3v) is 7.72. The molecule has 5 heteroatoms. The second-order valence-electron chi connectivity index (χ2n) is 8.09. The molecule has 2 fully saturated rings. The summed E-state index contributed by atoms with van der Waals surface area (Å²) in [5.41, 5.74) is 1.02. The van der Waals surface area contributed by atoms with Crippen molar-refractivity contribution in [1.29, 1.82) is 0 Å². The molecule has 0 radical (unpaired) electrons. The second kappa shape index (κ2) is 6.84. The van der Waals surface area contributed by atoms with Gasteiger partial charge in [0.05, 0.1) is 11.5 Å². The van der Waals surface area contributed by atoms with Crippen LogP contribution in [0.2, 0.25) is 0 Å². The van der Waals surface area contributed by atoms with Crippen LogP contribution in [0.5, 0.6) is 0 Å². The van der Waals surface area contributed by atoms with Crippen LogP contribution in [0.3, 0.4) is 0 Å². The monoisotopic (exact) mass is 364 g/mol. The lowest BCUT2D eigenvalue weighted by Crippen LogP contribution is -2.40. The van der Waals surface area contributed by atoms with Gasteiger partial charge in [-0.2, -0.15) is 8.42 Å². The van der Waals surface area contributed by atoms with E-state index in [1.165, 1.54) is 0 Å². The molecule has 1 aromatic rings. The number of rotatable bonds is 5. The first-order valence-electron chi connectivity index (χ1n) is 9.23. The summed E-state index contributed by atoms with van der Waals surface area (Å²) in [5.74, 6) is 1.01. The van der Waals surface area contributed by atoms with E-state index in [0.29, 0.717) is 18.1 Å². The molecular weight excluding hydrogens is 336 g/mol. The highest BCUT2D eigenvalue weighted by Crippen LogP contribution is 2.56. The van der Waals surface area contributed by atoms with E-state index in [1.807, 2.05) is 6.92 Å². The Morgan fingerprint density at radius 3 is 2.60 bits per heavy atom. The number of carbonyl (C=O) groups excluding carboxylic acids is 1. The SMILES string of the molecule is Cc1ccc(S(=O)(=O)OC[C@@H](C)[C@H]2CC[C@H]3C(=O)CCC[C@]23C)cc1. The second-order valence-corrected chi connectivity index (χ2v) is 9.71. The highest BCUT2D eigenvalue weighted by Gasteiger charge is 2.52. The summed E-state index contributed by atoms with van der Waals surface area (Å²) < 4.78 is 30.2. The Morgan fingerprint density at radius 1 is 1.24 bits per heavy atom. The van der Waals surface area contributed by atoms with Crippen LogP contribution in [0.25, 0.3) is 0 Å². The third kappa shape index (κ3) is 3.54. The molecule has 0 aliphatic heterocycles. The van der Waals surface area contributed by atoms with E-state index in [9.17, 15) is 13.2 Å². The lowest BCUT2D eigenvalue weighted by Gasteiger charge is -2.42. The number of fused-ring (bicyclic) bond motifs is 1. The number of carbonyl (C=O) groups is 1. The highest BCUT2D eigenvalue weighted by atomic mass is 32.2. The summed E-state index contributed by atoms with van der Waals surface area (Å²) in [4.78, 5) is 12.5. The molecule has 0 unspecified atom stereocenters. The van der Waals surface area contributed by atoms with Crippen LogP contribution in [0.4, 0.5) is 0 Å². The fourth-order valence-corrected chi connectivity index (χ4v) is 5.99. The zero-order valence-corrected chi connectivity index (χ0v) is 16.1. The Labute approximate surface area is 151 Å². The van der Waals surface area contributed by atoms with Crippen molar-refractivity contribution in [3.63, 3.8) is 0 Å². The van der Waals surface area contributed by atoms with Crippen molar-refractivity contribution in [3.05, 3.63) is 29.8 Å². The lowest BCUT2D eigenvalue weighted by atomic mass is 9.62. The number of ketones is 1. The van der Waals surface area contributed by atoms with E-state index < -0.39 is 10.1 Å². The quantitative estimate of drug-likeness (QED) is 0.737. The van der Waals surface area contributed by atoms with Gasteiger partial charge in [0.25, 0.3) is 10.1 Å². The maximum atomic E-state index is 12.4. The Hall–Kier alpha value is -1.20. The molecule has 3 rings (SSSR count). The van der Waals surface area contributed by atoms with Crippen LogP contribution in [0.15, 0.2) is 29.2 Å². The highest BCUT2D eigenvalue weighted by molar-refractivity contribution is 7.86. The molecule has 25 heavy (non-hydrogen) atoms. The van der Waals surface area contributed by atoms with Gasteiger partial charge in [0.2, 0.25) is 0 Å². The summed E-state index contributed by atoms with van der Waals surface area (Å²) in [6.07, 6.45) is 4.65. The number of aryl methyl sites for hydroxylation is 1. The summed E-state index contributed by atoms with van der Waals surface area (Å²) >= 11 is 0. The molecule has 1 aromatic carbocycles. The number of benzene rings is 1. The first-order valence-corrected chi connectivity index (χ1v) is 10.6. The minimum Gasteiger partial charge on any atom is -0.299 e. The molecule has 0 saturated heterocycles. The normalized spacial score (nSPS) is 30.9. The number of Topliss-reactive ketones (excluding diaryl/α,β-unsaturated/α-hetero) is 1. The smallest absolute Gasteiger partial charge is 0.296 e. The predicted molar refractivity (Wildman–Crippen MR) is 96.7 cm³/mol. The predicted octanol–water partition coefficient (Wildman–Crippen LogP) is 4.12. The van der Waals surface area contributed by atoms with Crippen LogP contribution >= 0.6 is 0 Å². The van der Waals surface area contributed by atoms with Gasteiger partial charge in [-0.1, -0.05) is 31.5 Å². The van der Waals surface area contributed by atoms with Crippen molar-refractivity contribution in [2.75, 3.05) is 6.61 Å². The minimum atomic E-state index is -3.73. The van der Waals surface area contributed by atoms with Gasteiger partial charge >= 0.3 is 0 Å². The molecule has 0 heterocycles. The summed E-state index contributed by atoms with van der Waals surface area (Å²) in [6, 6.07) is 6.72. The Balaban J connectivity index is 1.67. The molecule has 0 bridgehead atoms. The minimum absolute atomic E-state index is 0.00569. The first-order chi connectivity index (χ1) is 11.7. The average Bonchev–Trinajstić information content (AvgIpc) is 2.92. The summed E-state index contributed by atoms with van der Waals surface area (Å²) in [5, 5.41) is 0. The largest absolute Gasteiger partial charge is 0.299 e. The summed E-state index contributed by atoms with van der Waals surface area (Å²) in [7, 11) is -3.73. The number of hydrogen-bond acceptors (Lipinski definition) is 4. The molecule has 4 atom stereocenters. The van der Waals surface area contributed by atoms with Gasteiger partial charge in [0.1, 0.15) is 5.78 Å². The first kappa shape index (κ1) is 18.6. The zero-order valence-electron chi connectivity index (χ0n) is 15.3. The number of hydrogen-bond donors (Lipinski definition) is 0. The van der Waals surface area contributed by atoms with Crippen LogP contribution in [-0.4, -0.2) is 20.8 Å². The molecule has 2 aliphatic carbocycles. The Bertz CT molecular complexity index is 737. The standard InChI is InChI=1S/C20H28O4S/c1-14-6-8-16(9-7-14)25(22,23)24-13-15(2)17-10-11-18-19(21)5-4-12-20(17,18)3/h6-9,15,17-18H,4-5,10-13H2,1-3H3/t15-,17-,18+,20-/m1/s1. The van der Waals surface area contributed by atoms with Crippen molar-refractivity contribution < 1.29 is 17.4 Å². The fourth-order valence-electron chi connectivity index (χ4n) is 4.99. The Kier molecular flexibility index (Phi) is 5.09. The van der Waals surface area contributed by atoms with Crippen LogP contribution in [0.1, 0.15) is 51.5 Å². The zero-order chi connectivity index (χ0) is 18.2. The van der Waals surface area contributed by atoms with Crippen molar-refractivity contribution in [2.24, 2.45) is 23.2 Å². The van der Waals surface area contributed by atoms with E-state index >= 15 is 0 Å². The maximum Gasteiger partial charge on any atom is 0.296 e. The molecule has 0 spiro atoms. The summed E-state index contributed by atoms with van der Waals surface area (Å²) in [6.45, 7) is 6.37. The van der Waals surface area contributed by atoms with Crippen LogP contribution < -0.4 is 0 Å². The molecule has 2 saturated carbocycles. The van der Waals surface area contributed by atoms with Crippen molar-refractivity contribution >= 4 is 15.9 Å². The third-order valence-electron chi connectivity index (χ3n) is 6.42. The van der Waals surface area contributed by atoms with E-state index in [0.717, 1.165) is 31.2 Å². The molecule has 0 N–H and O–H groups in total. The molecule has 0 aromatic heterocycles. The van der Waals surface area contributed by atoms with Gasteiger partial charge in [-0.25, -0.2) is 0 Å². The van der Waals surface area contributed by atoms with Crippen LogP contribution in [0, 0.1) is 30.1 Å². The van der Waals surface area contributed by atoms with Gasteiger partial charge < -0.3 is 0 Å². The van der Waals surface area contributed by atoms with E-state index in [2.05, 4.69) is 13.8 Å². The maximum absolute atomic E-state index is 12.4. The molecular formula is C20H28O4S. The van der Waals surface area contributed by atoms with Crippen LogP contribution in [-0.2, 0) is 19.1 Å². The molecule has 2 aliphatic rings. The van der Waals surface area contributed by atoms with Gasteiger partial charge in [-0.05, 0) is 62.0 Å². The molecule has 138 valence electrons. The van der Waals surface area contributed by atoms with E-state index in [4.69, 9.17) is 4.18 Å². The van der Waals surface area contributed by atoms with Gasteiger partial charge in [-0.3, -0.25) is 8.98 Å². The van der Waals surface area contributed by atoms with Gasteiger partial charge in [0, 0.05) is 12.3 Å². The topological polar surface area (TPSA) is 60.4 Å². The lowest BCUT2D eigenvalue weighted by molar-refractivity contribution is -0.130. The van der Waals surface area contributed by atoms with Gasteiger partial charge in [-0.15, -0.1) is 0 Å². The molecule has 0 amide bonds. The van der Waals surface area contributed by atoms with E-state index in [1.54, 1.807) is 24.3 Å². The van der Waals surface area contributed by atoms with Crippen molar-refractivity contribution in [2.45, 2.75) is 57.8 Å². The van der Waals surface area contributed by atoms with Gasteiger partial charge in [0.15, 0.2) is 0 Å². The van der Waals surface area contributed by atoms with Crippen molar-refractivity contribution in [1.82, 2.24) is 0 Å². The Morgan fingerprint density at radius 2 is 1.92 bits per heavy atom. The fraction of sp³-hybridized carbons (Fsp3) is 0.650. The average molecular weight is 365 g/mol. The van der Waals surface area contributed by atoms with Crippen molar-refractivity contribution in [3.8, 4) is 0 Å². The molecule has 4 nitrogen and oxygen atoms in total.